The Labute approximate surface area is 295 Å². The average molecular weight is 651 g/mol. The lowest BCUT2D eigenvalue weighted by molar-refractivity contribution is 0.669. The van der Waals surface area contributed by atoms with Crippen LogP contribution in [0.5, 0.6) is 0 Å². The van der Waals surface area contributed by atoms with Crippen LogP contribution in [-0.2, 0) is 0 Å². The van der Waals surface area contributed by atoms with Gasteiger partial charge in [-0.15, -0.1) is 0 Å². The van der Waals surface area contributed by atoms with E-state index in [1.54, 1.807) is 0 Å². The van der Waals surface area contributed by atoms with E-state index in [0.29, 0.717) is 5.82 Å². The van der Waals surface area contributed by atoms with Gasteiger partial charge in [0.25, 0.3) is 0 Å². The highest BCUT2D eigenvalue weighted by Crippen LogP contribution is 2.41. The van der Waals surface area contributed by atoms with Crippen LogP contribution in [0.1, 0.15) is 0 Å². The van der Waals surface area contributed by atoms with Gasteiger partial charge in [-0.1, -0.05) is 140 Å². The highest BCUT2D eigenvalue weighted by molar-refractivity contribution is 6.13. The number of fused-ring (bicyclic) bond motifs is 5. The maximum atomic E-state index is 6.50. The second kappa shape index (κ2) is 11.9. The minimum Gasteiger partial charge on any atom is -0.456 e. The van der Waals surface area contributed by atoms with E-state index in [1.807, 2.05) is 12.1 Å². The third kappa shape index (κ3) is 5.24. The standard InChI is InChI=1S/C48H30N2O/c1-3-11-31(12-4-1)35-20-21-37-26-38(23-22-36(37)25-35)43-30-44(50-48(49-43)39-24-19-32-13-7-8-16-34(32)27-39)40-28-42(33-14-5-2-6-15-33)47-41-17-9-10-18-45(41)51-46(47)29-40/h1-30H. The number of benzene rings is 8. The lowest BCUT2D eigenvalue weighted by Crippen LogP contribution is -1.96. The number of para-hydroxylation sites is 1. The normalized spacial score (nSPS) is 11.5. The molecule has 2 aromatic heterocycles. The number of furan rings is 1. The van der Waals surface area contributed by atoms with E-state index >= 15 is 0 Å². The van der Waals surface area contributed by atoms with Crippen LogP contribution in [0.25, 0.3) is 99.6 Å². The van der Waals surface area contributed by atoms with E-state index in [0.717, 1.165) is 71.9 Å². The van der Waals surface area contributed by atoms with Crippen molar-refractivity contribution in [3.63, 3.8) is 0 Å². The fraction of sp³-hybridized carbons (Fsp3) is 0. The summed E-state index contributed by atoms with van der Waals surface area (Å²) in [7, 11) is 0. The Morgan fingerprint density at radius 1 is 0.333 bits per heavy atom. The number of aromatic nitrogens is 2. The monoisotopic (exact) mass is 650 g/mol. The lowest BCUT2D eigenvalue weighted by Gasteiger charge is -2.12. The van der Waals surface area contributed by atoms with Gasteiger partial charge in [0.15, 0.2) is 5.82 Å². The lowest BCUT2D eigenvalue weighted by atomic mass is 9.95. The molecule has 0 saturated heterocycles. The highest BCUT2D eigenvalue weighted by Gasteiger charge is 2.18. The fourth-order valence-corrected chi connectivity index (χ4v) is 7.26. The molecule has 0 unspecified atom stereocenters. The van der Waals surface area contributed by atoms with Crippen molar-refractivity contribution >= 4 is 43.5 Å². The van der Waals surface area contributed by atoms with Crippen molar-refractivity contribution in [2.45, 2.75) is 0 Å². The molecule has 0 aliphatic carbocycles. The Bertz CT molecular complexity index is 2910. The Balaban J connectivity index is 1.18. The van der Waals surface area contributed by atoms with Crippen molar-refractivity contribution in [1.29, 1.82) is 0 Å². The third-order valence-corrected chi connectivity index (χ3v) is 9.84. The van der Waals surface area contributed by atoms with Crippen LogP contribution in [0.3, 0.4) is 0 Å². The molecule has 0 fully saturated rings. The van der Waals surface area contributed by atoms with E-state index in [1.165, 1.54) is 21.9 Å². The van der Waals surface area contributed by atoms with Gasteiger partial charge in [0, 0.05) is 27.5 Å². The summed E-state index contributed by atoms with van der Waals surface area (Å²) in [5.41, 5.74) is 11.0. The van der Waals surface area contributed by atoms with Gasteiger partial charge in [-0.25, -0.2) is 9.97 Å². The number of hydrogen-bond acceptors (Lipinski definition) is 3. The molecule has 0 bridgehead atoms. The van der Waals surface area contributed by atoms with E-state index in [4.69, 9.17) is 14.4 Å². The van der Waals surface area contributed by atoms with Gasteiger partial charge in [0.1, 0.15) is 11.2 Å². The predicted molar refractivity (Wildman–Crippen MR) is 212 cm³/mol. The highest BCUT2D eigenvalue weighted by atomic mass is 16.3. The predicted octanol–water partition coefficient (Wildman–Crippen LogP) is 13.0. The minimum atomic E-state index is 0.679. The van der Waals surface area contributed by atoms with Crippen LogP contribution in [-0.4, -0.2) is 9.97 Å². The van der Waals surface area contributed by atoms with Gasteiger partial charge in [0.2, 0.25) is 0 Å². The summed E-state index contributed by atoms with van der Waals surface area (Å²) in [6.07, 6.45) is 0. The van der Waals surface area contributed by atoms with Crippen LogP contribution in [0.15, 0.2) is 186 Å². The van der Waals surface area contributed by atoms with Crippen molar-refractivity contribution in [3.8, 4) is 56.2 Å². The molecule has 0 aliphatic rings. The smallest absolute Gasteiger partial charge is 0.160 e. The van der Waals surface area contributed by atoms with E-state index in [2.05, 4.69) is 170 Å². The van der Waals surface area contributed by atoms with Crippen LogP contribution >= 0.6 is 0 Å². The Morgan fingerprint density at radius 2 is 0.902 bits per heavy atom. The molecule has 0 N–H and O–H groups in total. The molecule has 0 radical (unpaired) electrons. The van der Waals surface area contributed by atoms with Crippen molar-refractivity contribution in [1.82, 2.24) is 9.97 Å². The molecule has 238 valence electrons. The molecular weight excluding hydrogens is 621 g/mol. The topological polar surface area (TPSA) is 38.9 Å². The number of nitrogens with zero attached hydrogens (tertiary/aromatic N) is 2. The summed E-state index contributed by atoms with van der Waals surface area (Å²) < 4.78 is 6.50. The molecule has 8 aromatic carbocycles. The first-order chi connectivity index (χ1) is 25.2. The first kappa shape index (κ1) is 29.1. The maximum Gasteiger partial charge on any atom is 0.160 e. The van der Waals surface area contributed by atoms with Crippen molar-refractivity contribution in [2.24, 2.45) is 0 Å². The molecular formula is C48H30N2O. The SMILES string of the molecule is c1ccc(-c2ccc3cc(-c4cc(-c5cc(-c6ccccc6)c6c(c5)oc5ccccc56)nc(-c5ccc6ccccc6c5)n4)ccc3c2)cc1. The number of rotatable bonds is 5. The largest absolute Gasteiger partial charge is 0.456 e. The first-order valence-corrected chi connectivity index (χ1v) is 17.2. The van der Waals surface area contributed by atoms with E-state index in [9.17, 15) is 0 Å². The Hall–Kier alpha value is -6.84. The first-order valence-electron chi connectivity index (χ1n) is 17.2. The summed E-state index contributed by atoms with van der Waals surface area (Å²) in [5, 5.41) is 6.89. The summed E-state index contributed by atoms with van der Waals surface area (Å²) in [4.78, 5) is 10.5. The zero-order valence-corrected chi connectivity index (χ0v) is 27.6. The van der Waals surface area contributed by atoms with Crippen molar-refractivity contribution < 1.29 is 4.42 Å². The second-order valence-electron chi connectivity index (χ2n) is 13.0. The van der Waals surface area contributed by atoms with Crippen molar-refractivity contribution in [3.05, 3.63) is 182 Å². The van der Waals surface area contributed by atoms with E-state index in [-0.39, 0.29) is 0 Å². The summed E-state index contributed by atoms with van der Waals surface area (Å²) in [6, 6.07) is 63.9. The molecule has 51 heavy (non-hydrogen) atoms. The molecule has 3 nitrogen and oxygen atoms in total. The molecule has 0 saturated carbocycles. The average Bonchev–Trinajstić information content (AvgIpc) is 3.59. The van der Waals surface area contributed by atoms with Crippen molar-refractivity contribution in [2.75, 3.05) is 0 Å². The Morgan fingerprint density at radius 3 is 1.71 bits per heavy atom. The zero-order valence-electron chi connectivity index (χ0n) is 27.6. The van der Waals surface area contributed by atoms with E-state index < -0.39 is 0 Å². The van der Waals surface area contributed by atoms with Crippen LogP contribution in [0.2, 0.25) is 0 Å². The molecule has 2 heterocycles. The maximum absolute atomic E-state index is 6.50. The third-order valence-electron chi connectivity index (χ3n) is 9.84. The molecule has 10 aromatic rings. The summed E-state index contributed by atoms with van der Waals surface area (Å²) in [6.45, 7) is 0. The van der Waals surface area contributed by atoms with Crippen LogP contribution in [0.4, 0.5) is 0 Å². The van der Waals surface area contributed by atoms with Gasteiger partial charge >= 0.3 is 0 Å². The molecule has 0 amide bonds. The van der Waals surface area contributed by atoms with Gasteiger partial charge in [0.05, 0.1) is 11.4 Å². The van der Waals surface area contributed by atoms with Gasteiger partial charge in [-0.3, -0.25) is 0 Å². The quantitative estimate of drug-likeness (QED) is 0.186. The molecule has 0 aliphatic heterocycles. The molecule has 0 spiro atoms. The van der Waals surface area contributed by atoms with Crippen LogP contribution < -0.4 is 0 Å². The summed E-state index contributed by atoms with van der Waals surface area (Å²) >= 11 is 0. The van der Waals surface area contributed by atoms with Gasteiger partial charge < -0.3 is 4.42 Å². The minimum absolute atomic E-state index is 0.679. The Kier molecular flexibility index (Phi) is 6.81. The van der Waals surface area contributed by atoms with Crippen LogP contribution in [0, 0.1) is 0 Å². The molecule has 0 atom stereocenters. The number of hydrogen-bond donors (Lipinski definition) is 0. The second-order valence-corrected chi connectivity index (χ2v) is 13.0. The van der Waals surface area contributed by atoms with Gasteiger partial charge in [-0.05, 0) is 86.3 Å². The zero-order chi connectivity index (χ0) is 33.7. The molecule has 3 heteroatoms. The van der Waals surface area contributed by atoms with Gasteiger partial charge in [-0.2, -0.15) is 0 Å². The fourth-order valence-electron chi connectivity index (χ4n) is 7.26. The molecule has 10 rings (SSSR count). The summed E-state index contributed by atoms with van der Waals surface area (Å²) in [5.74, 6) is 0.679.